The molecule has 0 aliphatic heterocycles. The first kappa shape index (κ1) is 23.0. The molecule has 0 spiro atoms. The topological polar surface area (TPSA) is 65.0 Å². The Bertz CT molecular complexity index is 396. The van der Waals surface area contributed by atoms with Gasteiger partial charge in [-0.15, -0.1) is 0 Å². The summed E-state index contributed by atoms with van der Waals surface area (Å²) in [6.45, 7) is 16.6. The van der Waals surface area contributed by atoms with Gasteiger partial charge in [-0.25, -0.2) is 4.79 Å². The third kappa shape index (κ3) is 13.0. The summed E-state index contributed by atoms with van der Waals surface area (Å²) in [5.41, 5.74) is 0.413. The predicted molar refractivity (Wildman–Crippen MR) is 106 cm³/mol. The minimum atomic E-state index is -2.54. The lowest BCUT2D eigenvalue weighted by atomic mass is 10.2. The van der Waals surface area contributed by atoms with Crippen molar-refractivity contribution < 1.29 is 22.2 Å². The van der Waals surface area contributed by atoms with Crippen molar-refractivity contribution >= 4 is 41.2 Å². The zero-order valence-corrected chi connectivity index (χ0v) is 20.4. The lowest BCUT2D eigenvalue weighted by Crippen LogP contribution is -2.55. The minimum absolute atomic E-state index is 0.413. The Morgan fingerprint density at radius 2 is 1.52 bits per heavy atom. The van der Waals surface area contributed by atoms with Gasteiger partial charge in [-0.3, -0.25) is 0 Å². The molecule has 0 rings (SSSR count). The van der Waals surface area contributed by atoms with Crippen molar-refractivity contribution in [2.75, 3.05) is 0 Å². The summed E-state index contributed by atoms with van der Waals surface area (Å²) in [5.74, 6) is -0.842. The average Bonchev–Trinajstić information content (AvgIpc) is 2.27. The number of allylic oxidation sites excluding steroid dienone is 1. The number of carboxylic acid groups (broad SMARTS) is 1. The lowest BCUT2D eigenvalue weighted by molar-refractivity contribution is -0.132. The second-order valence-electron chi connectivity index (χ2n) is 7.83. The Labute approximate surface area is 147 Å². The van der Waals surface area contributed by atoms with Gasteiger partial charge in [-0.1, -0.05) is 12.5 Å². The highest BCUT2D eigenvalue weighted by molar-refractivity contribution is 6.86. The molecule has 0 saturated heterocycles. The van der Waals surface area contributed by atoms with Crippen molar-refractivity contribution in [2.24, 2.45) is 0 Å². The van der Waals surface area contributed by atoms with Crippen LogP contribution in [0.25, 0.3) is 0 Å². The van der Waals surface area contributed by atoms with E-state index >= 15 is 0 Å². The van der Waals surface area contributed by atoms with Gasteiger partial charge in [0.25, 0.3) is 0 Å². The fourth-order valence-electron chi connectivity index (χ4n) is 2.10. The molecule has 0 heterocycles. The van der Waals surface area contributed by atoms with Gasteiger partial charge in [0.1, 0.15) is 0 Å². The third-order valence-corrected chi connectivity index (χ3v) is 14.3. The normalized spacial score (nSPS) is 14.7. The van der Waals surface area contributed by atoms with Crippen molar-refractivity contribution in [2.45, 2.75) is 71.6 Å². The largest absolute Gasteiger partial charge is 0.478 e. The molecule has 136 valence electrons. The van der Waals surface area contributed by atoms with E-state index in [0.717, 1.165) is 18.9 Å². The number of aliphatic carboxylic acids is 1. The van der Waals surface area contributed by atoms with Crippen LogP contribution >= 0.6 is 0 Å². The van der Waals surface area contributed by atoms with Gasteiger partial charge in [0.05, 0.1) is 0 Å². The summed E-state index contributed by atoms with van der Waals surface area (Å²) < 4.78 is 18.8. The van der Waals surface area contributed by atoms with Gasteiger partial charge in [0, 0.05) is 12.1 Å². The van der Waals surface area contributed by atoms with Gasteiger partial charge in [-0.2, -0.15) is 0 Å². The smallest absolute Gasteiger partial charge is 0.465 e. The van der Waals surface area contributed by atoms with Crippen LogP contribution in [-0.2, 0) is 17.1 Å². The molecule has 0 aromatic heterocycles. The number of carboxylic acids is 1. The molecule has 0 bridgehead atoms. The van der Waals surface area contributed by atoms with Crippen molar-refractivity contribution in [1.82, 2.24) is 0 Å². The Hall–Kier alpha value is -0.0425. The SMILES string of the molecule is CC(=CCCC[SiH2]O[Si](C)(O[Si](C)(C)C)O[Si](C)(C)C)C(=O)O. The Morgan fingerprint density at radius 3 is 1.91 bits per heavy atom. The zero-order valence-electron chi connectivity index (χ0n) is 16.0. The molecule has 0 aliphatic rings. The molecule has 0 amide bonds. The van der Waals surface area contributed by atoms with Crippen LogP contribution in [0, 0.1) is 0 Å². The van der Waals surface area contributed by atoms with Crippen molar-refractivity contribution in [3.63, 3.8) is 0 Å². The molecule has 0 aromatic carbocycles. The van der Waals surface area contributed by atoms with Crippen molar-refractivity contribution in [1.29, 1.82) is 0 Å². The van der Waals surface area contributed by atoms with E-state index in [-0.39, 0.29) is 0 Å². The minimum Gasteiger partial charge on any atom is -0.478 e. The monoisotopic (exact) mass is 394 g/mol. The van der Waals surface area contributed by atoms with Gasteiger partial charge in [0.15, 0.2) is 26.4 Å². The lowest BCUT2D eigenvalue weighted by Gasteiger charge is -2.37. The van der Waals surface area contributed by atoms with Crippen LogP contribution in [0.5, 0.6) is 0 Å². The molecule has 0 radical (unpaired) electrons. The fourth-order valence-corrected chi connectivity index (χ4v) is 15.6. The van der Waals surface area contributed by atoms with Crippen LogP contribution in [-0.4, -0.2) is 46.3 Å². The van der Waals surface area contributed by atoms with Crippen LogP contribution < -0.4 is 0 Å². The van der Waals surface area contributed by atoms with Crippen LogP contribution in [0.1, 0.15) is 19.8 Å². The summed E-state index contributed by atoms with van der Waals surface area (Å²) in [4.78, 5) is 10.7. The average molecular weight is 395 g/mol. The maximum atomic E-state index is 10.7. The fraction of sp³-hybridized carbons (Fsp3) is 0.786. The van der Waals surface area contributed by atoms with Gasteiger partial charge in [0.2, 0.25) is 0 Å². The number of rotatable bonds is 11. The van der Waals surface area contributed by atoms with Crippen molar-refractivity contribution in [3.05, 3.63) is 11.6 Å². The van der Waals surface area contributed by atoms with Gasteiger partial charge < -0.3 is 17.5 Å². The highest BCUT2D eigenvalue weighted by Crippen LogP contribution is 2.21. The first-order valence-electron chi connectivity index (χ1n) is 8.18. The molecule has 0 saturated carbocycles. The molecule has 0 aliphatic carbocycles. The molecular weight excluding hydrogens is 360 g/mol. The second kappa shape index (κ2) is 9.44. The first-order valence-corrected chi connectivity index (χ1v) is 18.8. The molecule has 0 atom stereocenters. The van der Waals surface area contributed by atoms with Crippen molar-refractivity contribution in [3.8, 4) is 0 Å². The summed E-state index contributed by atoms with van der Waals surface area (Å²) in [6.07, 6.45) is 3.53. The summed E-state index contributed by atoms with van der Waals surface area (Å²) in [6, 6.07) is 1.01. The molecule has 1 N–H and O–H groups in total. The number of carbonyl (C=O) groups is 1. The summed E-state index contributed by atoms with van der Waals surface area (Å²) >= 11 is 0. The molecule has 0 fully saturated rings. The van der Waals surface area contributed by atoms with E-state index in [4.69, 9.17) is 17.5 Å². The number of hydrogen-bond acceptors (Lipinski definition) is 4. The maximum Gasteiger partial charge on any atom is 0.465 e. The zero-order chi connectivity index (χ0) is 18.3. The highest BCUT2D eigenvalue weighted by atomic mass is 28.5. The van der Waals surface area contributed by atoms with E-state index in [1.54, 1.807) is 13.0 Å². The van der Waals surface area contributed by atoms with Gasteiger partial charge in [-0.05, 0) is 58.7 Å². The van der Waals surface area contributed by atoms with Gasteiger partial charge >= 0.3 is 14.8 Å². The molecular formula is C14H34O5Si4. The maximum absolute atomic E-state index is 10.7. The standard InChI is InChI=1S/C14H34O5Si4/c1-13(14(15)16)11-9-10-12-20-17-23(8,18-21(2,3)4)19-22(5,6)7/h11H,9-10,12,20H2,1-8H3,(H,15,16). The van der Waals surface area contributed by atoms with E-state index < -0.39 is 41.2 Å². The Kier molecular flexibility index (Phi) is 9.43. The van der Waals surface area contributed by atoms with E-state index in [1.165, 1.54) is 0 Å². The molecule has 5 nitrogen and oxygen atoms in total. The first-order chi connectivity index (χ1) is 10.2. The highest BCUT2D eigenvalue weighted by Gasteiger charge is 2.42. The van der Waals surface area contributed by atoms with E-state index in [1.807, 2.05) is 6.55 Å². The van der Waals surface area contributed by atoms with Crippen LogP contribution in [0.3, 0.4) is 0 Å². The predicted octanol–water partition coefficient (Wildman–Crippen LogP) is 3.59. The summed E-state index contributed by atoms with van der Waals surface area (Å²) in [5, 5.41) is 8.80. The van der Waals surface area contributed by atoms with E-state index in [0.29, 0.717) is 5.57 Å². The van der Waals surface area contributed by atoms with E-state index in [9.17, 15) is 4.79 Å². The summed E-state index contributed by atoms with van der Waals surface area (Å²) in [7, 11) is -6.69. The van der Waals surface area contributed by atoms with Crippen LogP contribution in [0.2, 0.25) is 51.9 Å². The second-order valence-corrected chi connectivity index (χ2v) is 21.9. The van der Waals surface area contributed by atoms with Crippen LogP contribution in [0.4, 0.5) is 0 Å². The Morgan fingerprint density at radius 1 is 1.04 bits per heavy atom. The molecule has 23 heavy (non-hydrogen) atoms. The molecule has 9 heteroatoms. The molecule has 0 aromatic rings. The number of hydrogen-bond donors (Lipinski definition) is 1. The number of unbranched alkanes of at least 4 members (excludes halogenated alkanes) is 1. The quantitative estimate of drug-likeness (QED) is 0.329. The molecule has 0 unspecified atom stereocenters. The Balaban J connectivity index is 4.41. The third-order valence-electron chi connectivity index (χ3n) is 2.73. The van der Waals surface area contributed by atoms with Crippen LogP contribution in [0.15, 0.2) is 11.6 Å². The van der Waals surface area contributed by atoms with E-state index in [2.05, 4.69) is 39.3 Å².